The van der Waals surface area contributed by atoms with Crippen molar-refractivity contribution in [3.05, 3.63) is 68.9 Å². The van der Waals surface area contributed by atoms with Crippen LogP contribution in [0.3, 0.4) is 0 Å². The van der Waals surface area contributed by atoms with Crippen LogP contribution >= 0.6 is 27.7 Å². The molecule has 1 aromatic heterocycles. The number of aromatic nitrogens is 2. The molecule has 1 amide bonds. The van der Waals surface area contributed by atoms with E-state index in [1.54, 1.807) is 22.6 Å². The first-order valence-electron chi connectivity index (χ1n) is 8.61. The summed E-state index contributed by atoms with van der Waals surface area (Å²) >= 11 is 4.81. The summed E-state index contributed by atoms with van der Waals surface area (Å²) in [5, 5.41) is 1.17. The van der Waals surface area contributed by atoms with E-state index in [9.17, 15) is 9.59 Å². The Hall–Kier alpha value is -2.12. The summed E-state index contributed by atoms with van der Waals surface area (Å²) in [6.07, 6.45) is 0. The molecule has 0 bridgehead atoms. The predicted molar refractivity (Wildman–Crippen MR) is 113 cm³/mol. The minimum Gasteiger partial charge on any atom is -0.341 e. The maximum absolute atomic E-state index is 12.6. The van der Waals surface area contributed by atoms with Crippen LogP contribution in [0.4, 0.5) is 0 Å². The second-order valence-electron chi connectivity index (χ2n) is 6.09. The van der Waals surface area contributed by atoms with E-state index in [2.05, 4.69) is 20.9 Å². The van der Waals surface area contributed by atoms with Gasteiger partial charge in [-0.15, -0.1) is 0 Å². The Morgan fingerprint density at radius 2 is 1.89 bits per heavy atom. The van der Waals surface area contributed by atoms with E-state index in [0.29, 0.717) is 29.1 Å². The molecule has 0 aliphatic carbocycles. The van der Waals surface area contributed by atoms with E-state index in [-0.39, 0.29) is 17.2 Å². The first-order chi connectivity index (χ1) is 13.0. The lowest BCUT2D eigenvalue weighted by Crippen LogP contribution is -2.29. The largest absolute Gasteiger partial charge is 0.341 e. The van der Waals surface area contributed by atoms with Crippen LogP contribution in [0.5, 0.6) is 0 Å². The van der Waals surface area contributed by atoms with Crippen LogP contribution in [0.2, 0.25) is 0 Å². The third-order valence-corrected chi connectivity index (χ3v) is 5.99. The number of nitrogens with zero attached hydrogens (tertiary/aromatic N) is 3. The van der Waals surface area contributed by atoms with Gasteiger partial charge in [-0.1, -0.05) is 58.0 Å². The van der Waals surface area contributed by atoms with E-state index in [4.69, 9.17) is 0 Å². The highest BCUT2D eigenvalue weighted by molar-refractivity contribution is 9.10. The molecule has 3 rings (SSSR count). The van der Waals surface area contributed by atoms with Gasteiger partial charge in [0.15, 0.2) is 5.16 Å². The highest BCUT2D eigenvalue weighted by atomic mass is 79.9. The van der Waals surface area contributed by atoms with Gasteiger partial charge in [0, 0.05) is 24.6 Å². The number of carbonyl (C=O) groups excluding carboxylic acids is 1. The summed E-state index contributed by atoms with van der Waals surface area (Å²) in [6, 6.07) is 15.1. The van der Waals surface area contributed by atoms with Gasteiger partial charge in [0.05, 0.1) is 16.7 Å². The lowest BCUT2D eigenvalue weighted by molar-refractivity contribution is -0.127. The topological polar surface area (TPSA) is 55.2 Å². The number of amides is 1. The minimum atomic E-state index is -0.0698. The quantitative estimate of drug-likeness (QED) is 0.426. The number of para-hydroxylation sites is 1. The molecule has 0 saturated heterocycles. The third-order valence-electron chi connectivity index (χ3n) is 4.26. The number of hydrogen-bond acceptors (Lipinski definition) is 4. The van der Waals surface area contributed by atoms with Crippen LogP contribution in [0, 0.1) is 0 Å². The highest BCUT2D eigenvalue weighted by Gasteiger charge is 2.15. The van der Waals surface area contributed by atoms with E-state index in [0.717, 1.165) is 10.0 Å². The van der Waals surface area contributed by atoms with Gasteiger partial charge < -0.3 is 4.90 Å². The number of fused-ring (bicyclic) bond motifs is 1. The van der Waals surface area contributed by atoms with Crippen LogP contribution in [0.15, 0.2) is 63.0 Å². The van der Waals surface area contributed by atoms with Gasteiger partial charge >= 0.3 is 0 Å². The molecule has 140 valence electrons. The molecule has 0 saturated carbocycles. The number of carbonyl (C=O) groups is 1. The summed E-state index contributed by atoms with van der Waals surface area (Å²) in [6.45, 7) is 2.94. The Morgan fingerprint density at radius 1 is 1.19 bits per heavy atom. The Labute approximate surface area is 170 Å². The van der Waals surface area contributed by atoms with Crippen molar-refractivity contribution in [2.45, 2.75) is 25.2 Å². The average Bonchev–Trinajstić information content (AvgIpc) is 2.68. The van der Waals surface area contributed by atoms with Gasteiger partial charge in [-0.3, -0.25) is 14.2 Å². The molecule has 0 spiro atoms. The van der Waals surface area contributed by atoms with Crippen molar-refractivity contribution in [3.8, 4) is 0 Å². The summed E-state index contributed by atoms with van der Waals surface area (Å²) < 4.78 is 2.60. The average molecular weight is 446 g/mol. The van der Waals surface area contributed by atoms with Gasteiger partial charge in [-0.2, -0.15) is 0 Å². The second-order valence-corrected chi connectivity index (χ2v) is 7.89. The highest BCUT2D eigenvalue weighted by Crippen LogP contribution is 2.20. The zero-order valence-electron chi connectivity index (χ0n) is 15.2. The molecule has 7 heteroatoms. The van der Waals surface area contributed by atoms with Crippen LogP contribution in [0.25, 0.3) is 10.9 Å². The molecule has 2 aromatic carbocycles. The fourth-order valence-electron chi connectivity index (χ4n) is 2.74. The normalized spacial score (nSPS) is 10.9. The standard InChI is InChI=1S/C20H20BrN3O2S/c1-3-24-19(26)15-9-5-7-11-17(15)22-20(24)27-13-18(25)23(2)12-14-8-4-6-10-16(14)21/h4-11H,3,12-13H2,1-2H3. The number of rotatable bonds is 6. The Balaban J connectivity index is 1.75. The monoisotopic (exact) mass is 445 g/mol. The third kappa shape index (κ3) is 4.42. The van der Waals surface area contributed by atoms with Crippen molar-refractivity contribution in [1.82, 2.24) is 14.5 Å². The first kappa shape index (κ1) is 19.6. The fourth-order valence-corrected chi connectivity index (χ4v) is 4.16. The lowest BCUT2D eigenvalue weighted by Gasteiger charge is -2.18. The van der Waals surface area contributed by atoms with Crippen molar-refractivity contribution in [2.24, 2.45) is 0 Å². The molecule has 0 N–H and O–H groups in total. The van der Waals surface area contributed by atoms with Crippen molar-refractivity contribution >= 4 is 44.5 Å². The van der Waals surface area contributed by atoms with E-state index >= 15 is 0 Å². The van der Waals surface area contributed by atoms with Gasteiger partial charge in [-0.05, 0) is 30.7 Å². The van der Waals surface area contributed by atoms with Crippen molar-refractivity contribution in [1.29, 1.82) is 0 Å². The van der Waals surface area contributed by atoms with Gasteiger partial charge in [-0.25, -0.2) is 4.98 Å². The van der Waals surface area contributed by atoms with E-state index in [1.807, 2.05) is 49.4 Å². The van der Waals surface area contributed by atoms with Crippen LogP contribution < -0.4 is 5.56 Å². The molecule has 1 heterocycles. The molecule has 5 nitrogen and oxygen atoms in total. The molecule has 0 radical (unpaired) electrons. The number of hydrogen-bond donors (Lipinski definition) is 0. The summed E-state index contributed by atoms with van der Waals surface area (Å²) in [5.41, 5.74) is 1.64. The maximum atomic E-state index is 12.6. The van der Waals surface area contributed by atoms with Crippen molar-refractivity contribution in [2.75, 3.05) is 12.8 Å². The molecule has 0 aliphatic heterocycles. The number of thioether (sulfide) groups is 1. The predicted octanol–water partition coefficient (Wildman–Crippen LogP) is 3.93. The summed E-state index contributed by atoms with van der Waals surface area (Å²) in [4.78, 5) is 31.5. The molecule has 27 heavy (non-hydrogen) atoms. The van der Waals surface area contributed by atoms with E-state index in [1.165, 1.54) is 11.8 Å². The maximum Gasteiger partial charge on any atom is 0.262 e. The zero-order chi connectivity index (χ0) is 19.4. The lowest BCUT2D eigenvalue weighted by atomic mass is 10.2. The van der Waals surface area contributed by atoms with Crippen molar-refractivity contribution < 1.29 is 4.79 Å². The second kappa shape index (κ2) is 8.71. The zero-order valence-corrected chi connectivity index (χ0v) is 17.6. The van der Waals surface area contributed by atoms with Gasteiger partial charge in [0.1, 0.15) is 0 Å². The molecule has 0 aliphatic rings. The van der Waals surface area contributed by atoms with Crippen LogP contribution in [0.1, 0.15) is 12.5 Å². The number of halogens is 1. The SMILES string of the molecule is CCn1c(SCC(=O)N(C)Cc2ccccc2Br)nc2ccccc2c1=O. The summed E-state index contributed by atoms with van der Waals surface area (Å²) in [7, 11) is 1.78. The molecule has 3 aromatic rings. The summed E-state index contributed by atoms with van der Waals surface area (Å²) in [5.74, 6) is 0.215. The van der Waals surface area contributed by atoms with Crippen LogP contribution in [-0.2, 0) is 17.9 Å². The van der Waals surface area contributed by atoms with Crippen molar-refractivity contribution in [3.63, 3.8) is 0 Å². The Morgan fingerprint density at radius 3 is 2.63 bits per heavy atom. The molecule has 0 fully saturated rings. The molecular weight excluding hydrogens is 426 g/mol. The number of benzene rings is 2. The van der Waals surface area contributed by atoms with E-state index < -0.39 is 0 Å². The minimum absolute atomic E-state index is 0.0131. The Kier molecular flexibility index (Phi) is 6.34. The van der Waals surface area contributed by atoms with Crippen LogP contribution in [-0.4, -0.2) is 33.2 Å². The smallest absolute Gasteiger partial charge is 0.262 e. The Bertz CT molecular complexity index is 1040. The van der Waals surface area contributed by atoms with Gasteiger partial charge in [0.25, 0.3) is 5.56 Å². The van der Waals surface area contributed by atoms with Gasteiger partial charge in [0.2, 0.25) is 5.91 Å². The molecule has 0 atom stereocenters. The molecule has 0 unspecified atom stereocenters. The first-order valence-corrected chi connectivity index (χ1v) is 10.4. The fraction of sp³-hybridized carbons (Fsp3) is 0.250. The molecular formula is C20H20BrN3O2S.